The molecule has 1 N–H and O–H groups in total. The number of aliphatic hydroxyl groups excluding tert-OH is 1. The molecule has 0 aromatic carbocycles. The lowest BCUT2D eigenvalue weighted by molar-refractivity contribution is -0.161. The number of hydrogen-bond donors (Lipinski definition) is 1. The van der Waals surface area contributed by atoms with Crippen LogP contribution in [0.5, 0.6) is 0 Å². The van der Waals surface area contributed by atoms with Gasteiger partial charge in [-0.1, -0.05) is 309 Å². The third kappa shape index (κ3) is 51.5. The summed E-state index contributed by atoms with van der Waals surface area (Å²) in [5.74, 6) is -0.567. The molecule has 1 atom stereocenters. The van der Waals surface area contributed by atoms with Crippen molar-refractivity contribution in [3.8, 4) is 0 Å². The van der Waals surface area contributed by atoms with E-state index in [0.717, 1.165) is 32.1 Å². The molecule has 370 valence electrons. The van der Waals surface area contributed by atoms with Gasteiger partial charge in [0.25, 0.3) is 0 Å². The third-order valence-corrected chi connectivity index (χ3v) is 13.4. The molecule has 0 radical (unpaired) electrons. The van der Waals surface area contributed by atoms with Gasteiger partial charge in [-0.15, -0.1) is 0 Å². The quantitative estimate of drug-likeness (QED) is 0.0487. The number of carbonyl (C=O) groups is 2. The fourth-order valence-corrected chi connectivity index (χ4v) is 9.09. The Kier molecular flexibility index (Phi) is 53.3. The molecule has 0 heterocycles. The van der Waals surface area contributed by atoms with Gasteiger partial charge in [-0.25, -0.2) is 0 Å². The van der Waals surface area contributed by atoms with Crippen molar-refractivity contribution in [2.24, 2.45) is 0 Å². The summed E-state index contributed by atoms with van der Waals surface area (Å²) in [6, 6.07) is 0. The summed E-state index contributed by atoms with van der Waals surface area (Å²) < 4.78 is 10.7. The number of unbranched alkanes of at least 4 members (excludes halogenated alkanes) is 46. The van der Waals surface area contributed by atoms with Crippen LogP contribution >= 0.6 is 0 Å². The van der Waals surface area contributed by atoms with Gasteiger partial charge >= 0.3 is 11.9 Å². The smallest absolute Gasteiger partial charge is 0.306 e. The lowest BCUT2D eigenvalue weighted by Crippen LogP contribution is -2.28. The summed E-state index contributed by atoms with van der Waals surface area (Å²) in [6.07, 6.45) is 65.3. The molecule has 0 aromatic heterocycles. The van der Waals surface area contributed by atoms with E-state index in [0.29, 0.717) is 12.8 Å². The van der Waals surface area contributed by atoms with Crippen LogP contribution in [0.4, 0.5) is 0 Å². The highest BCUT2D eigenvalue weighted by Gasteiger charge is 2.16. The van der Waals surface area contributed by atoms with E-state index in [4.69, 9.17) is 9.47 Å². The van der Waals surface area contributed by atoms with E-state index in [-0.39, 0.29) is 25.2 Å². The van der Waals surface area contributed by atoms with Crippen LogP contribution in [0.15, 0.2) is 0 Å². The van der Waals surface area contributed by atoms with Crippen LogP contribution in [0.3, 0.4) is 0 Å². The van der Waals surface area contributed by atoms with Crippen molar-refractivity contribution < 1.29 is 24.2 Å². The Bertz CT molecular complexity index is 860. The lowest BCUT2D eigenvalue weighted by atomic mass is 10.0. The van der Waals surface area contributed by atoms with Crippen molar-refractivity contribution in [3.63, 3.8) is 0 Å². The molecular formula is C57H112O5. The Morgan fingerprint density at radius 2 is 0.500 bits per heavy atom. The zero-order valence-electron chi connectivity index (χ0n) is 42.4. The van der Waals surface area contributed by atoms with Crippen molar-refractivity contribution in [1.82, 2.24) is 0 Å². The molecule has 0 saturated carbocycles. The molecule has 0 rings (SSSR count). The summed E-state index contributed by atoms with van der Waals surface area (Å²) >= 11 is 0. The highest BCUT2D eigenvalue weighted by molar-refractivity contribution is 5.70. The zero-order chi connectivity index (χ0) is 44.9. The largest absolute Gasteiger partial charge is 0.462 e. The highest BCUT2D eigenvalue weighted by atomic mass is 16.6. The minimum Gasteiger partial charge on any atom is -0.462 e. The maximum Gasteiger partial charge on any atom is 0.306 e. The number of carbonyl (C=O) groups excluding carboxylic acids is 2. The first-order valence-electron chi connectivity index (χ1n) is 28.6. The van der Waals surface area contributed by atoms with E-state index < -0.39 is 6.10 Å². The van der Waals surface area contributed by atoms with Gasteiger partial charge in [0.1, 0.15) is 6.61 Å². The predicted octanol–water partition coefficient (Wildman–Crippen LogP) is 19.0. The van der Waals surface area contributed by atoms with Crippen LogP contribution in [0, 0.1) is 0 Å². The van der Waals surface area contributed by atoms with Crippen molar-refractivity contribution in [3.05, 3.63) is 0 Å². The van der Waals surface area contributed by atoms with Gasteiger partial charge in [0.15, 0.2) is 6.10 Å². The molecule has 0 aliphatic heterocycles. The van der Waals surface area contributed by atoms with Crippen molar-refractivity contribution in [2.45, 2.75) is 341 Å². The monoisotopic (exact) mass is 877 g/mol. The van der Waals surface area contributed by atoms with Crippen molar-refractivity contribution >= 4 is 11.9 Å². The average Bonchev–Trinajstić information content (AvgIpc) is 3.28. The summed E-state index contributed by atoms with van der Waals surface area (Å²) in [6.45, 7) is 4.20. The maximum atomic E-state index is 12.3. The van der Waals surface area contributed by atoms with E-state index >= 15 is 0 Å². The van der Waals surface area contributed by atoms with Gasteiger partial charge in [-0.05, 0) is 12.8 Å². The van der Waals surface area contributed by atoms with Gasteiger partial charge in [0.2, 0.25) is 0 Å². The van der Waals surface area contributed by atoms with Crippen LogP contribution in [0.1, 0.15) is 335 Å². The Hall–Kier alpha value is -1.10. The minimum atomic E-state index is -0.763. The molecular weight excluding hydrogens is 765 g/mol. The average molecular weight is 878 g/mol. The fraction of sp³-hybridized carbons (Fsp3) is 0.965. The molecule has 0 spiro atoms. The van der Waals surface area contributed by atoms with Gasteiger partial charge in [0.05, 0.1) is 6.61 Å². The Labute approximate surface area is 389 Å². The Balaban J connectivity index is 3.34. The summed E-state index contributed by atoms with van der Waals surface area (Å²) in [5.41, 5.74) is 0. The van der Waals surface area contributed by atoms with Crippen LogP contribution in [-0.4, -0.2) is 36.4 Å². The number of ether oxygens (including phenoxy) is 2. The molecule has 5 nitrogen and oxygen atoms in total. The van der Waals surface area contributed by atoms with Crippen LogP contribution in [0.25, 0.3) is 0 Å². The number of rotatable bonds is 54. The van der Waals surface area contributed by atoms with Crippen LogP contribution in [0.2, 0.25) is 0 Å². The molecule has 0 amide bonds. The first-order chi connectivity index (χ1) is 30.6. The number of esters is 2. The maximum absolute atomic E-state index is 12.3. The minimum absolute atomic E-state index is 0.0562. The molecule has 0 aliphatic rings. The van der Waals surface area contributed by atoms with E-state index in [2.05, 4.69) is 13.8 Å². The SMILES string of the molecule is CCCCCCCCCCCCCCCCCCCCCCCCCCCCCCCCCCCCC(=O)OC(CO)COC(=O)CCCCCCCCCCCCCCCC. The number of hydrogen-bond acceptors (Lipinski definition) is 5. The topological polar surface area (TPSA) is 72.8 Å². The first kappa shape index (κ1) is 60.9. The molecule has 5 heteroatoms. The molecule has 0 aliphatic carbocycles. The predicted molar refractivity (Wildman–Crippen MR) is 270 cm³/mol. The first-order valence-corrected chi connectivity index (χ1v) is 28.6. The molecule has 0 fully saturated rings. The molecule has 62 heavy (non-hydrogen) atoms. The molecule has 0 saturated heterocycles. The standard InChI is InChI=1S/C57H112O5/c1-3-5-7-9-11-13-15-17-19-20-21-22-23-24-25-26-27-28-29-30-31-32-33-34-35-36-37-38-40-42-44-46-48-50-52-57(60)62-55(53-58)54-61-56(59)51-49-47-45-43-41-39-18-16-14-12-10-8-6-4-2/h55,58H,3-54H2,1-2H3. The van der Waals surface area contributed by atoms with Gasteiger partial charge in [-0.2, -0.15) is 0 Å². The molecule has 1 unspecified atom stereocenters. The summed E-state index contributed by atoms with van der Waals surface area (Å²) in [4.78, 5) is 24.4. The number of aliphatic hydroxyl groups is 1. The Morgan fingerprint density at radius 3 is 0.710 bits per heavy atom. The van der Waals surface area contributed by atoms with E-state index in [1.54, 1.807) is 0 Å². The Morgan fingerprint density at radius 1 is 0.306 bits per heavy atom. The second kappa shape index (κ2) is 54.2. The van der Waals surface area contributed by atoms with Gasteiger partial charge in [0, 0.05) is 12.8 Å². The van der Waals surface area contributed by atoms with E-state index in [1.807, 2.05) is 0 Å². The second-order valence-corrected chi connectivity index (χ2v) is 19.7. The summed E-state index contributed by atoms with van der Waals surface area (Å²) in [7, 11) is 0. The van der Waals surface area contributed by atoms with E-state index in [1.165, 1.54) is 276 Å². The second-order valence-electron chi connectivity index (χ2n) is 19.7. The zero-order valence-corrected chi connectivity index (χ0v) is 42.4. The van der Waals surface area contributed by atoms with Crippen LogP contribution in [-0.2, 0) is 19.1 Å². The summed E-state index contributed by atoms with van der Waals surface area (Å²) in [5, 5.41) is 9.62. The highest BCUT2D eigenvalue weighted by Crippen LogP contribution is 2.18. The van der Waals surface area contributed by atoms with Crippen molar-refractivity contribution in [1.29, 1.82) is 0 Å². The molecule has 0 aromatic rings. The molecule has 0 bridgehead atoms. The van der Waals surface area contributed by atoms with Gasteiger partial charge < -0.3 is 14.6 Å². The third-order valence-electron chi connectivity index (χ3n) is 13.4. The van der Waals surface area contributed by atoms with Gasteiger partial charge in [-0.3, -0.25) is 9.59 Å². The lowest BCUT2D eigenvalue weighted by Gasteiger charge is -2.15. The van der Waals surface area contributed by atoms with Crippen LogP contribution < -0.4 is 0 Å². The van der Waals surface area contributed by atoms with Crippen molar-refractivity contribution in [2.75, 3.05) is 13.2 Å². The fourth-order valence-electron chi connectivity index (χ4n) is 9.09. The van der Waals surface area contributed by atoms with E-state index in [9.17, 15) is 14.7 Å². The normalized spacial score (nSPS) is 12.0.